The van der Waals surface area contributed by atoms with Crippen LogP contribution in [0.3, 0.4) is 0 Å². The first kappa shape index (κ1) is 25.1. The molecule has 1 aliphatic heterocycles. The smallest absolute Gasteiger partial charge is 0.281 e. The predicted octanol–water partition coefficient (Wildman–Crippen LogP) is 5.09. The molecular formula is C28H37N3O4S. The molecule has 36 heavy (non-hydrogen) atoms. The van der Waals surface area contributed by atoms with Crippen LogP contribution in [0.1, 0.15) is 82.3 Å². The van der Waals surface area contributed by atoms with E-state index in [1.165, 1.54) is 25.3 Å². The van der Waals surface area contributed by atoms with E-state index in [-0.39, 0.29) is 10.4 Å². The van der Waals surface area contributed by atoms with E-state index in [2.05, 4.69) is 40.6 Å². The molecule has 194 valence electrons. The van der Waals surface area contributed by atoms with Crippen molar-refractivity contribution in [1.82, 2.24) is 9.71 Å². The lowest BCUT2D eigenvalue weighted by Crippen LogP contribution is -2.43. The molecule has 0 radical (unpaired) electrons. The number of hydrogen-bond donors (Lipinski definition) is 1. The quantitative estimate of drug-likeness (QED) is 0.557. The third-order valence-electron chi connectivity index (χ3n) is 7.85. The molecule has 7 nitrogen and oxygen atoms in total. The van der Waals surface area contributed by atoms with E-state index in [1.54, 1.807) is 6.07 Å². The van der Waals surface area contributed by atoms with Crippen molar-refractivity contribution in [3.8, 4) is 5.75 Å². The standard InChI is InChI=1S/C28H37N3O4S/c1-20-12-13-22(21-8-5-4-6-9-21)23(18-20)35-28(14-15-28)26(32)30-36(33,34)25-11-7-10-24(29-25)31-17-16-27(2,3)19-31/h7,10-13,18,21H,4-6,8-9,14-17,19H2,1-3H3,(H,30,32). The van der Waals surface area contributed by atoms with Gasteiger partial charge in [-0.2, -0.15) is 8.42 Å². The molecule has 3 aliphatic rings. The second-order valence-corrected chi connectivity index (χ2v) is 13.2. The van der Waals surface area contributed by atoms with E-state index in [4.69, 9.17) is 4.74 Å². The zero-order valence-electron chi connectivity index (χ0n) is 21.5. The minimum absolute atomic E-state index is 0.146. The highest BCUT2D eigenvalue weighted by Gasteiger charge is 2.54. The van der Waals surface area contributed by atoms with Gasteiger partial charge in [0.15, 0.2) is 10.6 Å². The SMILES string of the molecule is Cc1ccc(C2CCCCC2)c(OC2(C(=O)NS(=O)(=O)c3cccc(N4CCC(C)(C)C4)n3)CC2)c1. The lowest BCUT2D eigenvalue weighted by Gasteiger charge is -2.26. The number of pyridine rings is 1. The van der Waals surface area contributed by atoms with Crippen LogP contribution in [0, 0.1) is 12.3 Å². The van der Waals surface area contributed by atoms with Crippen molar-refractivity contribution >= 4 is 21.7 Å². The Morgan fingerprint density at radius 2 is 1.83 bits per heavy atom. The van der Waals surface area contributed by atoms with Gasteiger partial charge in [-0.15, -0.1) is 0 Å². The number of aromatic nitrogens is 1. The van der Waals surface area contributed by atoms with Crippen LogP contribution in [0.2, 0.25) is 0 Å². The van der Waals surface area contributed by atoms with Crippen molar-refractivity contribution in [3.05, 3.63) is 47.5 Å². The number of nitrogens with one attached hydrogen (secondary N) is 1. The second kappa shape index (κ2) is 9.36. The number of nitrogens with zero attached hydrogens (tertiary/aromatic N) is 2. The van der Waals surface area contributed by atoms with Crippen LogP contribution in [0.5, 0.6) is 5.75 Å². The minimum atomic E-state index is -4.13. The van der Waals surface area contributed by atoms with E-state index in [9.17, 15) is 13.2 Å². The van der Waals surface area contributed by atoms with Crippen molar-refractivity contribution < 1.29 is 17.9 Å². The van der Waals surface area contributed by atoms with E-state index in [1.807, 2.05) is 19.1 Å². The van der Waals surface area contributed by atoms with Gasteiger partial charge >= 0.3 is 0 Å². The van der Waals surface area contributed by atoms with Crippen LogP contribution in [0.15, 0.2) is 41.4 Å². The lowest BCUT2D eigenvalue weighted by molar-refractivity contribution is -0.128. The Kier molecular flexibility index (Phi) is 6.52. The Labute approximate surface area is 214 Å². The van der Waals surface area contributed by atoms with Gasteiger partial charge in [0.25, 0.3) is 15.9 Å². The maximum Gasteiger partial charge on any atom is 0.281 e. The molecule has 1 amide bonds. The van der Waals surface area contributed by atoms with Gasteiger partial charge in [0.05, 0.1) is 0 Å². The first-order valence-electron chi connectivity index (χ1n) is 13.2. The van der Waals surface area contributed by atoms with Crippen molar-refractivity contribution in [3.63, 3.8) is 0 Å². The number of ether oxygens (including phenoxy) is 1. The van der Waals surface area contributed by atoms with Crippen molar-refractivity contribution in [2.45, 2.75) is 88.7 Å². The maximum atomic E-state index is 13.3. The predicted molar refractivity (Wildman–Crippen MR) is 140 cm³/mol. The summed E-state index contributed by atoms with van der Waals surface area (Å²) in [6, 6.07) is 11.1. The first-order valence-corrected chi connectivity index (χ1v) is 14.6. The number of aryl methyl sites for hydroxylation is 1. The molecule has 2 saturated carbocycles. The summed E-state index contributed by atoms with van der Waals surface area (Å²) in [5.74, 6) is 1.13. The van der Waals surface area contributed by atoms with Crippen LogP contribution in [0.4, 0.5) is 5.82 Å². The Bertz CT molecular complexity index is 1250. The third-order valence-corrected chi connectivity index (χ3v) is 9.08. The summed E-state index contributed by atoms with van der Waals surface area (Å²) in [6.07, 6.45) is 7.88. The minimum Gasteiger partial charge on any atom is -0.477 e. The van der Waals surface area contributed by atoms with Crippen LogP contribution in [-0.2, 0) is 14.8 Å². The molecule has 1 aromatic carbocycles. The fourth-order valence-electron chi connectivity index (χ4n) is 5.49. The number of amides is 1. The highest BCUT2D eigenvalue weighted by atomic mass is 32.2. The number of rotatable bonds is 7. The lowest BCUT2D eigenvalue weighted by atomic mass is 9.83. The Morgan fingerprint density at radius 1 is 1.08 bits per heavy atom. The zero-order valence-corrected chi connectivity index (χ0v) is 22.4. The number of carbonyl (C=O) groups is 1. The fourth-order valence-corrected chi connectivity index (χ4v) is 6.49. The summed E-state index contributed by atoms with van der Waals surface area (Å²) < 4.78 is 34.9. The van der Waals surface area contributed by atoms with Gasteiger partial charge in [-0.3, -0.25) is 4.79 Å². The first-order chi connectivity index (χ1) is 17.1. The monoisotopic (exact) mass is 511 g/mol. The molecular weight excluding hydrogens is 474 g/mol. The fraction of sp³-hybridized carbons (Fsp3) is 0.571. The molecule has 5 rings (SSSR count). The molecule has 2 aliphatic carbocycles. The number of sulfonamides is 1. The summed E-state index contributed by atoms with van der Waals surface area (Å²) in [6.45, 7) is 8.02. The molecule has 0 bridgehead atoms. The van der Waals surface area contributed by atoms with E-state index in [0.29, 0.717) is 30.3 Å². The summed E-state index contributed by atoms with van der Waals surface area (Å²) >= 11 is 0. The van der Waals surface area contributed by atoms with Gasteiger partial charge in [0.2, 0.25) is 0 Å². The highest BCUT2D eigenvalue weighted by molar-refractivity contribution is 7.90. The van der Waals surface area contributed by atoms with Crippen LogP contribution >= 0.6 is 0 Å². The summed E-state index contributed by atoms with van der Waals surface area (Å²) in [5, 5.41) is -0.146. The molecule has 0 spiro atoms. The highest BCUT2D eigenvalue weighted by Crippen LogP contribution is 2.45. The average molecular weight is 512 g/mol. The van der Waals surface area contributed by atoms with Crippen LogP contribution < -0.4 is 14.4 Å². The third kappa shape index (κ3) is 5.24. The van der Waals surface area contributed by atoms with E-state index >= 15 is 0 Å². The van der Waals surface area contributed by atoms with Gasteiger partial charge < -0.3 is 9.64 Å². The Balaban J connectivity index is 1.33. The molecule has 1 N–H and O–H groups in total. The summed E-state index contributed by atoms with van der Waals surface area (Å²) in [4.78, 5) is 19.8. The van der Waals surface area contributed by atoms with Gasteiger partial charge in [0, 0.05) is 25.9 Å². The Hall–Kier alpha value is -2.61. The molecule has 2 aromatic rings. The zero-order chi connectivity index (χ0) is 25.6. The summed E-state index contributed by atoms with van der Waals surface area (Å²) in [5.41, 5.74) is 1.19. The van der Waals surface area contributed by atoms with E-state index in [0.717, 1.165) is 43.5 Å². The number of anilines is 1. The van der Waals surface area contributed by atoms with Gasteiger partial charge in [0.1, 0.15) is 11.6 Å². The number of hydrogen-bond acceptors (Lipinski definition) is 6. The van der Waals surface area contributed by atoms with Crippen molar-refractivity contribution in [2.24, 2.45) is 5.41 Å². The van der Waals surface area contributed by atoms with Crippen LogP contribution in [-0.4, -0.2) is 38.0 Å². The van der Waals surface area contributed by atoms with E-state index < -0.39 is 21.5 Å². The molecule has 2 heterocycles. The van der Waals surface area contributed by atoms with Gasteiger partial charge in [-0.25, -0.2) is 9.71 Å². The molecule has 1 saturated heterocycles. The van der Waals surface area contributed by atoms with Crippen LogP contribution in [0.25, 0.3) is 0 Å². The second-order valence-electron chi connectivity index (χ2n) is 11.6. The normalized spacial score (nSPS) is 21.2. The topological polar surface area (TPSA) is 88.6 Å². The molecule has 1 aromatic heterocycles. The molecule has 3 fully saturated rings. The van der Waals surface area contributed by atoms with Gasteiger partial charge in [-0.1, -0.05) is 51.3 Å². The van der Waals surface area contributed by atoms with Crippen molar-refractivity contribution in [2.75, 3.05) is 18.0 Å². The molecule has 0 atom stereocenters. The molecule has 8 heteroatoms. The largest absolute Gasteiger partial charge is 0.477 e. The van der Waals surface area contributed by atoms with Crippen molar-refractivity contribution in [1.29, 1.82) is 0 Å². The summed E-state index contributed by atoms with van der Waals surface area (Å²) in [7, 11) is -4.13. The number of benzene rings is 1. The average Bonchev–Trinajstić information content (AvgIpc) is 3.54. The Morgan fingerprint density at radius 3 is 2.50 bits per heavy atom. The van der Waals surface area contributed by atoms with Gasteiger partial charge in [-0.05, 0) is 66.8 Å². The molecule has 0 unspecified atom stereocenters. The maximum absolute atomic E-state index is 13.3. The number of carbonyl (C=O) groups excluding carboxylic acids is 1.